The van der Waals surface area contributed by atoms with Crippen LogP contribution < -0.4 is 16.4 Å². The van der Waals surface area contributed by atoms with Crippen molar-refractivity contribution in [1.29, 1.82) is 0 Å². The van der Waals surface area contributed by atoms with Crippen molar-refractivity contribution in [2.45, 2.75) is 6.92 Å². The van der Waals surface area contributed by atoms with Crippen molar-refractivity contribution >= 4 is 11.6 Å². The van der Waals surface area contributed by atoms with Crippen LogP contribution in [-0.2, 0) is 4.74 Å². The number of nitrogens with two attached hydrogens (primary N) is 1. The van der Waals surface area contributed by atoms with E-state index in [-0.39, 0.29) is 5.91 Å². The van der Waals surface area contributed by atoms with E-state index < -0.39 is 0 Å². The fraction of sp³-hybridized carbons (Fsp3) is 0.562. The Bertz CT molecular complexity index is 487. The molecule has 6 heteroatoms. The van der Waals surface area contributed by atoms with Crippen LogP contribution >= 0.6 is 0 Å². The Morgan fingerprint density at radius 2 is 2.14 bits per heavy atom. The molecule has 1 aliphatic rings. The first-order valence-corrected chi connectivity index (χ1v) is 7.82. The third-order valence-electron chi connectivity index (χ3n) is 3.79. The summed E-state index contributed by atoms with van der Waals surface area (Å²) in [6, 6.07) is 5.30. The Labute approximate surface area is 132 Å². The first-order valence-electron chi connectivity index (χ1n) is 7.82. The standard InChI is InChI=1S/C16H26N4O2/c1-13-12-14(17)2-3-15(13)16(21)19-6-10-22-11-9-20-7-4-18-5-8-20/h2-3,12,18H,4-11,17H2,1H3,(H,19,21). The molecule has 1 fully saturated rings. The minimum atomic E-state index is -0.0804. The summed E-state index contributed by atoms with van der Waals surface area (Å²) in [7, 11) is 0. The molecule has 1 heterocycles. The van der Waals surface area contributed by atoms with Gasteiger partial charge in [0.05, 0.1) is 13.2 Å². The van der Waals surface area contributed by atoms with Crippen molar-refractivity contribution in [2.75, 3.05) is 58.2 Å². The molecule has 6 nitrogen and oxygen atoms in total. The van der Waals surface area contributed by atoms with Crippen LogP contribution in [0.4, 0.5) is 5.69 Å². The maximum absolute atomic E-state index is 12.0. The van der Waals surface area contributed by atoms with E-state index >= 15 is 0 Å². The number of piperazine rings is 1. The smallest absolute Gasteiger partial charge is 0.251 e. The number of amides is 1. The Balaban J connectivity index is 1.59. The number of anilines is 1. The van der Waals surface area contributed by atoms with Gasteiger partial charge in [0.2, 0.25) is 0 Å². The number of rotatable bonds is 7. The Morgan fingerprint density at radius 1 is 1.36 bits per heavy atom. The number of nitrogens with one attached hydrogen (secondary N) is 2. The molecule has 1 aliphatic heterocycles. The number of carbonyl (C=O) groups is 1. The summed E-state index contributed by atoms with van der Waals surface area (Å²) in [6.07, 6.45) is 0. The van der Waals surface area contributed by atoms with Crippen LogP contribution in [-0.4, -0.2) is 63.3 Å². The van der Waals surface area contributed by atoms with E-state index in [0.29, 0.717) is 31.0 Å². The Morgan fingerprint density at radius 3 is 2.86 bits per heavy atom. The fourth-order valence-electron chi connectivity index (χ4n) is 2.50. The average Bonchev–Trinajstić information content (AvgIpc) is 2.51. The van der Waals surface area contributed by atoms with Crippen LogP contribution in [0.3, 0.4) is 0 Å². The summed E-state index contributed by atoms with van der Waals surface area (Å²) in [6.45, 7) is 8.86. The molecule has 0 aliphatic carbocycles. The first-order chi connectivity index (χ1) is 10.7. The summed E-state index contributed by atoms with van der Waals surface area (Å²) in [5.41, 5.74) is 7.90. The van der Waals surface area contributed by atoms with E-state index in [2.05, 4.69) is 15.5 Å². The Kier molecular flexibility index (Phi) is 6.64. The van der Waals surface area contributed by atoms with Crippen LogP contribution in [0, 0.1) is 6.92 Å². The fourth-order valence-corrected chi connectivity index (χ4v) is 2.50. The predicted molar refractivity (Wildman–Crippen MR) is 88.1 cm³/mol. The number of carbonyl (C=O) groups excluding carboxylic acids is 1. The molecule has 0 bridgehead atoms. The second kappa shape index (κ2) is 8.73. The second-order valence-electron chi connectivity index (χ2n) is 5.53. The van der Waals surface area contributed by atoms with Gasteiger partial charge in [0.25, 0.3) is 5.91 Å². The van der Waals surface area contributed by atoms with Gasteiger partial charge < -0.3 is 21.1 Å². The highest BCUT2D eigenvalue weighted by Crippen LogP contribution is 2.12. The number of benzene rings is 1. The van der Waals surface area contributed by atoms with Crippen molar-refractivity contribution in [3.05, 3.63) is 29.3 Å². The lowest BCUT2D eigenvalue weighted by Gasteiger charge is -2.26. The normalized spacial score (nSPS) is 15.7. The maximum Gasteiger partial charge on any atom is 0.251 e. The van der Waals surface area contributed by atoms with E-state index in [1.165, 1.54) is 0 Å². The number of nitrogen functional groups attached to an aromatic ring is 1. The first kappa shape index (κ1) is 16.7. The van der Waals surface area contributed by atoms with E-state index in [1.54, 1.807) is 18.2 Å². The van der Waals surface area contributed by atoms with Gasteiger partial charge in [0.1, 0.15) is 0 Å². The lowest BCUT2D eigenvalue weighted by Crippen LogP contribution is -2.44. The summed E-state index contributed by atoms with van der Waals surface area (Å²) in [5, 5.41) is 6.19. The number of aryl methyl sites for hydroxylation is 1. The molecule has 0 aromatic heterocycles. The van der Waals surface area contributed by atoms with Gasteiger partial charge in [-0.15, -0.1) is 0 Å². The molecular weight excluding hydrogens is 280 g/mol. The lowest BCUT2D eigenvalue weighted by molar-refractivity contribution is 0.0864. The van der Waals surface area contributed by atoms with Crippen LogP contribution in [0.25, 0.3) is 0 Å². The van der Waals surface area contributed by atoms with Gasteiger partial charge in [-0.25, -0.2) is 0 Å². The number of nitrogens with zero attached hydrogens (tertiary/aromatic N) is 1. The molecule has 0 saturated carbocycles. The summed E-state index contributed by atoms with van der Waals surface area (Å²) < 4.78 is 5.58. The van der Waals surface area contributed by atoms with E-state index in [4.69, 9.17) is 10.5 Å². The third kappa shape index (κ3) is 5.29. The maximum atomic E-state index is 12.0. The molecule has 4 N–H and O–H groups in total. The molecule has 1 aromatic carbocycles. The van der Waals surface area contributed by atoms with Crippen LogP contribution in [0.5, 0.6) is 0 Å². The van der Waals surface area contributed by atoms with Crippen molar-refractivity contribution < 1.29 is 9.53 Å². The van der Waals surface area contributed by atoms with E-state index in [1.807, 2.05) is 6.92 Å². The molecule has 22 heavy (non-hydrogen) atoms. The summed E-state index contributed by atoms with van der Waals surface area (Å²) in [4.78, 5) is 14.4. The highest BCUT2D eigenvalue weighted by molar-refractivity contribution is 5.95. The van der Waals surface area contributed by atoms with Gasteiger partial charge in [-0.1, -0.05) is 0 Å². The minimum Gasteiger partial charge on any atom is -0.399 e. The van der Waals surface area contributed by atoms with Gasteiger partial charge in [-0.2, -0.15) is 0 Å². The monoisotopic (exact) mass is 306 g/mol. The molecule has 1 aromatic rings. The van der Waals surface area contributed by atoms with Crippen molar-refractivity contribution in [2.24, 2.45) is 0 Å². The second-order valence-corrected chi connectivity index (χ2v) is 5.53. The largest absolute Gasteiger partial charge is 0.399 e. The summed E-state index contributed by atoms with van der Waals surface area (Å²) in [5.74, 6) is -0.0804. The molecule has 0 radical (unpaired) electrons. The van der Waals surface area contributed by atoms with Gasteiger partial charge in [0.15, 0.2) is 0 Å². The quantitative estimate of drug-likeness (QED) is 0.496. The van der Waals surface area contributed by atoms with Gasteiger partial charge >= 0.3 is 0 Å². The molecular formula is C16H26N4O2. The highest BCUT2D eigenvalue weighted by Gasteiger charge is 2.09. The van der Waals surface area contributed by atoms with E-state index in [9.17, 15) is 4.79 Å². The zero-order valence-electron chi connectivity index (χ0n) is 13.2. The molecule has 1 amide bonds. The predicted octanol–water partition coefficient (Wildman–Crippen LogP) is 0.229. The minimum absolute atomic E-state index is 0.0804. The number of ether oxygens (including phenoxy) is 1. The Hall–Kier alpha value is -1.63. The third-order valence-corrected chi connectivity index (χ3v) is 3.79. The molecule has 0 spiro atoms. The number of hydrogen-bond acceptors (Lipinski definition) is 5. The zero-order chi connectivity index (χ0) is 15.8. The van der Waals surface area contributed by atoms with Crippen molar-refractivity contribution in [3.63, 3.8) is 0 Å². The molecule has 0 unspecified atom stereocenters. The van der Waals surface area contributed by atoms with Crippen molar-refractivity contribution in [3.8, 4) is 0 Å². The molecule has 0 atom stereocenters. The molecule has 122 valence electrons. The zero-order valence-corrected chi connectivity index (χ0v) is 13.2. The van der Waals surface area contributed by atoms with Gasteiger partial charge in [-0.3, -0.25) is 9.69 Å². The molecule has 1 saturated heterocycles. The molecule has 2 rings (SSSR count). The van der Waals surface area contributed by atoms with Gasteiger partial charge in [-0.05, 0) is 30.7 Å². The van der Waals surface area contributed by atoms with E-state index in [0.717, 1.165) is 38.3 Å². The van der Waals surface area contributed by atoms with Gasteiger partial charge in [0, 0.05) is 50.5 Å². The lowest BCUT2D eigenvalue weighted by atomic mass is 10.1. The summed E-state index contributed by atoms with van der Waals surface area (Å²) >= 11 is 0. The highest BCUT2D eigenvalue weighted by atomic mass is 16.5. The van der Waals surface area contributed by atoms with Crippen LogP contribution in [0.1, 0.15) is 15.9 Å². The van der Waals surface area contributed by atoms with Crippen LogP contribution in [0.2, 0.25) is 0 Å². The van der Waals surface area contributed by atoms with Crippen LogP contribution in [0.15, 0.2) is 18.2 Å². The van der Waals surface area contributed by atoms with Crippen molar-refractivity contribution in [1.82, 2.24) is 15.5 Å². The number of hydrogen-bond donors (Lipinski definition) is 3. The SMILES string of the molecule is Cc1cc(N)ccc1C(=O)NCCOCCN1CCNCC1. The average molecular weight is 306 g/mol. The topological polar surface area (TPSA) is 79.6 Å².